The van der Waals surface area contributed by atoms with Gasteiger partial charge in [0.1, 0.15) is 5.69 Å². The lowest BCUT2D eigenvalue weighted by Crippen LogP contribution is -2.19. The molecule has 1 aliphatic carbocycles. The Labute approximate surface area is 329 Å². The third-order valence-electron chi connectivity index (χ3n) is 12.2. The molecule has 0 unspecified atom stereocenters. The zero-order valence-corrected chi connectivity index (χ0v) is 31.6. The number of hydrogen-bond acceptors (Lipinski definition) is 2. The minimum atomic E-state index is -0.384. The molecule has 1 aliphatic rings. The number of benzene rings is 8. The fourth-order valence-electron chi connectivity index (χ4n) is 9.46. The summed E-state index contributed by atoms with van der Waals surface area (Å²) < 4.78 is 4.75. The largest absolute Gasteiger partial charge is 0.309 e. The second-order valence-electron chi connectivity index (χ2n) is 15.8. The fourth-order valence-corrected chi connectivity index (χ4v) is 9.46. The van der Waals surface area contributed by atoms with Crippen molar-refractivity contribution >= 4 is 54.4 Å². The SMILES string of the molecule is CC1(C)c2cc(-c3ccccc3)ccc2-c2nc(-c3ccc4c5ccccc5n(-c5ccccc5)c4c3)c(-n3c4ccccc4c4cc5ccccc5cc43)nc21. The molecule has 8 aromatic carbocycles. The smallest absolute Gasteiger partial charge is 0.164 e. The zero-order valence-electron chi connectivity index (χ0n) is 31.6. The van der Waals surface area contributed by atoms with Gasteiger partial charge in [-0.05, 0) is 76.0 Å². The van der Waals surface area contributed by atoms with Crippen LogP contribution in [0.2, 0.25) is 0 Å². The molecule has 0 atom stereocenters. The first kappa shape index (κ1) is 32.0. The van der Waals surface area contributed by atoms with Crippen LogP contribution in [0.3, 0.4) is 0 Å². The van der Waals surface area contributed by atoms with E-state index < -0.39 is 0 Å². The first-order valence-corrected chi connectivity index (χ1v) is 19.7. The Morgan fingerprint density at radius 3 is 1.77 bits per heavy atom. The molecule has 0 bridgehead atoms. The van der Waals surface area contributed by atoms with Crippen LogP contribution in [0.4, 0.5) is 0 Å². The van der Waals surface area contributed by atoms with Crippen molar-refractivity contribution in [2.75, 3.05) is 0 Å². The van der Waals surface area contributed by atoms with E-state index in [4.69, 9.17) is 9.97 Å². The molecule has 0 spiro atoms. The summed E-state index contributed by atoms with van der Waals surface area (Å²) in [4.78, 5) is 11.6. The van der Waals surface area contributed by atoms with Crippen molar-refractivity contribution < 1.29 is 0 Å². The number of rotatable bonds is 4. The molecule has 57 heavy (non-hydrogen) atoms. The second kappa shape index (κ2) is 11.8. The van der Waals surface area contributed by atoms with Crippen molar-refractivity contribution in [3.63, 3.8) is 0 Å². The molecule has 11 aromatic rings. The molecule has 0 aliphatic heterocycles. The third-order valence-corrected chi connectivity index (χ3v) is 12.2. The predicted molar refractivity (Wildman–Crippen MR) is 237 cm³/mol. The van der Waals surface area contributed by atoms with Gasteiger partial charge < -0.3 is 4.57 Å². The van der Waals surface area contributed by atoms with E-state index in [1.54, 1.807) is 0 Å². The van der Waals surface area contributed by atoms with E-state index in [-0.39, 0.29) is 5.41 Å². The van der Waals surface area contributed by atoms with Gasteiger partial charge in [0.05, 0.1) is 33.5 Å². The molecule has 268 valence electrons. The summed E-state index contributed by atoms with van der Waals surface area (Å²) in [5.74, 6) is 0.834. The summed E-state index contributed by atoms with van der Waals surface area (Å²) in [5, 5.41) is 7.24. The Morgan fingerprint density at radius 2 is 1.00 bits per heavy atom. The number of nitrogens with zero attached hydrogens (tertiary/aromatic N) is 4. The summed E-state index contributed by atoms with van der Waals surface area (Å²) in [7, 11) is 0. The van der Waals surface area contributed by atoms with Crippen LogP contribution in [0, 0.1) is 0 Å². The van der Waals surface area contributed by atoms with Crippen molar-refractivity contribution in [3.05, 3.63) is 193 Å². The van der Waals surface area contributed by atoms with Crippen LogP contribution in [0.25, 0.3) is 99.5 Å². The van der Waals surface area contributed by atoms with E-state index in [0.29, 0.717) is 0 Å². The maximum absolute atomic E-state index is 5.82. The third kappa shape index (κ3) is 4.62. The van der Waals surface area contributed by atoms with Gasteiger partial charge in [-0.1, -0.05) is 147 Å². The number of para-hydroxylation sites is 3. The molecule has 0 saturated carbocycles. The Hall–Kier alpha value is -7.30. The van der Waals surface area contributed by atoms with Gasteiger partial charge in [-0.3, -0.25) is 4.57 Å². The zero-order chi connectivity index (χ0) is 37.8. The summed E-state index contributed by atoms with van der Waals surface area (Å²) in [6.45, 7) is 4.60. The standard InChI is InChI=1S/C53H36N4/c1-53(2)44-30-36(33-15-5-3-6-16-33)25-28-42(44)50-51(53)55-52(57-46-24-14-12-22-40(46)43-29-34-17-9-10-18-35(34)31-48(43)57)49(54-50)37-26-27-41-39-21-11-13-23-45(39)56(47(41)32-37)38-19-7-4-8-20-38/h3-32H,1-2H3. The lowest BCUT2D eigenvalue weighted by molar-refractivity contribution is 0.633. The highest BCUT2D eigenvalue weighted by atomic mass is 15.1. The van der Waals surface area contributed by atoms with Crippen LogP contribution in [0.5, 0.6) is 0 Å². The molecule has 0 fully saturated rings. The topological polar surface area (TPSA) is 35.6 Å². The molecule has 0 N–H and O–H groups in total. The van der Waals surface area contributed by atoms with Gasteiger partial charge in [0.15, 0.2) is 5.82 Å². The van der Waals surface area contributed by atoms with Gasteiger partial charge in [-0.2, -0.15) is 0 Å². The highest BCUT2D eigenvalue weighted by Crippen LogP contribution is 2.50. The first-order chi connectivity index (χ1) is 28.0. The van der Waals surface area contributed by atoms with E-state index in [1.165, 1.54) is 54.5 Å². The molecule has 4 heteroatoms. The van der Waals surface area contributed by atoms with Crippen LogP contribution in [-0.2, 0) is 5.41 Å². The fraction of sp³-hybridized carbons (Fsp3) is 0.0566. The molecule has 0 amide bonds. The normalized spacial score (nSPS) is 13.2. The van der Waals surface area contributed by atoms with Crippen LogP contribution < -0.4 is 0 Å². The minimum Gasteiger partial charge on any atom is -0.309 e. The lowest BCUT2D eigenvalue weighted by atomic mass is 9.84. The molecule has 0 radical (unpaired) electrons. The highest BCUT2D eigenvalue weighted by Gasteiger charge is 2.40. The minimum absolute atomic E-state index is 0.384. The monoisotopic (exact) mass is 728 g/mol. The second-order valence-corrected chi connectivity index (χ2v) is 15.8. The summed E-state index contributed by atoms with van der Waals surface area (Å²) in [5.41, 5.74) is 13.9. The average molecular weight is 729 g/mol. The first-order valence-electron chi connectivity index (χ1n) is 19.7. The lowest BCUT2D eigenvalue weighted by Gasteiger charge is -2.22. The Bertz CT molecular complexity index is 3420. The van der Waals surface area contributed by atoms with Crippen molar-refractivity contribution in [3.8, 4) is 45.1 Å². The van der Waals surface area contributed by atoms with Gasteiger partial charge >= 0.3 is 0 Å². The van der Waals surface area contributed by atoms with Crippen molar-refractivity contribution in [1.29, 1.82) is 0 Å². The van der Waals surface area contributed by atoms with Gasteiger partial charge in [-0.15, -0.1) is 0 Å². The van der Waals surface area contributed by atoms with E-state index >= 15 is 0 Å². The summed E-state index contributed by atoms with van der Waals surface area (Å²) in [6.07, 6.45) is 0. The predicted octanol–water partition coefficient (Wildman–Crippen LogP) is 13.5. The van der Waals surface area contributed by atoms with Crippen LogP contribution >= 0.6 is 0 Å². The molecule has 0 saturated heterocycles. The van der Waals surface area contributed by atoms with Crippen LogP contribution in [0.1, 0.15) is 25.1 Å². The molecule has 3 heterocycles. The summed E-state index contributed by atoms with van der Waals surface area (Å²) in [6, 6.07) is 65.7. The van der Waals surface area contributed by atoms with Gasteiger partial charge in [0, 0.05) is 43.8 Å². The van der Waals surface area contributed by atoms with E-state index in [0.717, 1.165) is 56.3 Å². The molecule has 3 aromatic heterocycles. The van der Waals surface area contributed by atoms with Crippen molar-refractivity contribution in [2.24, 2.45) is 0 Å². The van der Waals surface area contributed by atoms with Crippen molar-refractivity contribution in [1.82, 2.24) is 19.1 Å². The van der Waals surface area contributed by atoms with Gasteiger partial charge in [0.2, 0.25) is 0 Å². The molecule has 12 rings (SSSR count). The highest BCUT2D eigenvalue weighted by molar-refractivity contribution is 6.14. The molecule has 4 nitrogen and oxygen atoms in total. The Kier molecular flexibility index (Phi) is 6.65. The Morgan fingerprint density at radius 1 is 0.404 bits per heavy atom. The number of aromatic nitrogens is 4. The number of fused-ring (bicyclic) bond motifs is 10. The van der Waals surface area contributed by atoms with E-state index in [9.17, 15) is 0 Å². The van der Waals surface area contributed by atoms with E-state index in [2.05, 4.69) is 205 Å². The quantitative estimate of drug-likeness (QED) is 0.181. The molecular weight excluding hydrogens is 693 g/mol. The van der Waals surface area contributed by atoms with Crippen molar-refractivity contribution in [2.45, 2.75) is 19.3 Å². The van der Waals surface area contributed by atoms with Gasteiger partial charge in [0.25, 0.3) is 0 Å². The average Bonchev–Trinajstić information content (AvgIpc) is 3.84. The Balaban J connectivity index is 1.19. The van der Waals surface area contributed by atoms with Gasteiger partial charge in [-0.25, -0.2) is 9.97 Å². The summed E-state index contributed by atoms with van der Waals surface area (Å²) >= 11 is 0. The maximum atomic E-state index is 5.82. The van der Waals surface area contributed by atoms with Crippen LogP contribution in [0.15, 0.2) is 182 Å². The molecular formula is C53H36N4. The number of hydrogen-bond donors (Lipinski definition) is 0. The van der Waals surface area contributed by atoms with Crippen LogP contribution in [-0.4, -0.2) is 19.1 Å². The maximum Gasteiger partial charge on any atom is 0.164 e. The van der Waals surface area contributed by atoms with E-state index in [1.807, 2.05) is 0 Å².